The van der Waals surface area contributed by atoms with E-state index in [1.807, 2.05) is 17.8 Å². The van der Waals surface area contributed by atoms with Crippen molar-refractivity contribution in [3.8, 4) is 0 Å². The fourth-order valence-corrected chi connectivity index (χ4v) is 4.64. The molecule has 0 radical (unpaired) electrons. The highest BCUT2D eigenvalue weighted by atomic mass is 79.9. The molecule has 0 amide bonds. The zero-order chi connectivity index (χ0) is 10.8. The lowest BCUT2D eigenvalue weighted by molar-refractivity contribution is 0.594. The van der Waals surface area contributed by atoms with Gasteiger partial charge < -0.3 is 0 Å². The van der Waals surface area contributed by atoms with E-state index in [0.717, 1.165) is 17.7 Å². The molecule has 1 saturated heterocycles. The third kappa shape index (κ3) is 2.77. The van der Waals surface area contributed by atoms with Crippen molar-refractivity contribution >= 4 is 43.6 Å². The molecule has 82 valence electrons. The Balaban J connectivity index is 2.13. The quantitative estimate of drug-likeness (QED) is 0.716. The predicted octanol–water partition coefficient (Wildman–Crippen LogP) is 4.26. The van der Waals surface area contributed by atoms with Crippen molar-refractivity contribution in [1.29, 1.82) is 0 Å². The molecule has 4 heteroatoms. The smallest absolute Gasteiger partial charge is 0.137 e. The fourth-order valence-electron chi connectivity index (χ4n) is 1.75. The third-order valence-corrected chi connectivity index (χ3v) is 6.28. The van der Waals surface area contributed by atoms with Crippen molar-refractivity contribution in [3.63, 3.8) is 0 Å². The molecule has 0 nitrogen and oxygen atoms in total. The maximum Gasteiger partial charge on any atom is 0.137 e. The van der Waals surface area contributed by atoms with Crippen molar-refractivity contribution < 1.29 is 4.39 Å². The molecule has 1 fully saturated rings. The maximum atomic E-state index is 13.3. The molecule has 2 unspecified atom stereocenters. The zero-order valence-corrected chi connectivity index (χ0v) is 12.0. The molecule has 1 heterocycles. The summed E-state index contributed by atoms with van der Waals surface area (Å²) in [6.45, 7) is 0. The van der Waals surface area contributed by atoms with Crippen molar-refractivity contribution in [1.82, 2.24) is 0 Å². The molecule has 0 bridgehead atoms. The monoisotopic (exact) mass is 352 g/mol. The molecule has 1 aliphatic heterocycles. The molecule has 0 aromatic heterocycles. The molecule has 2 atom stereocenters. The Bertz CT molecular complexity index is 356. The van der Waals surface area contributed by atoms with E-state index in [4.69, 9.17) is 0 Å². The van der Waals surface area contributed by atoms with Crippen LogP contribution in [0.3, 0.4) is 0 Å². The minimum atomic E-state index is -0.163. The van der Waals surface area contributed by atoms with Gasteiger partial charge in [0.05, 0.1) is 4.47 Å². The first-order valence-corrected chi connectivity index (χ1v) is 7.69. The summed E-state index contributed by atoms with van der Waals surface area (Å²) < 4.78 is 13.9. The van der Waals surface area contributed by atoms with Crippen LogP contribution in [0.25, 0.3) is 0 Å². The number of rotatable bonds is 2. The molecule has 1 aliphatic rings. The topological polar surface area (TPSA) is 0 Å². The molecule has 1 aromatic carbocycles. The third-order valence-electron chi connectivity index (χ3n) is 2.63. The maximum absolute atomic E-state index is 13.3. The number of benzene rings is 1. The lowest BCUT2D eigenvalue weighted by Crippen LogP contribution is -2.14. The molecular weight excluding hydrogens is 343 g/mol. The first-order valence-electron chi connectivity index (χ1n) is 4.83. The molecule has 15 heavy (non-hydrogen) atoms. The van der Waals surface area contributed by atoms with Crippen LogP contribution in [-0.2, 0) is 6.42 Å². The summed E-state index contributed by atoms with van der Waals surface area (Å²) in [7, 11) is 0. The lowest BCUT2D eigenvalue weighted by atomic mass is 9.99. The van der Waals surface area contributed by atoms with Gasteiger partial charge in [0, 0.05) is 10.6 Å². The van der Waals surface area contributed by atoms with Crippen LogP contribution in [0.5, 0.6) is 0 Å². The van der Waals surface area contributed by atoms with E-state index in [-0.39, 0.29) is 5.82 Å². The number of alkyl halides is 1. The summed E-state index contributed by atoms with van der Waals surface area (Å²) in [6.07, 6.45) is 0.946. The summed E-state index contributed by atoms with van der Waals surface area (Å²) >= 11 is 8.95. The highest BCUT2D eigenvalue weighted by Crippen LogP contribution is 2.34. The Hall–Kier alpha value is 0.460. The van der Waals surface area contributed by atoms with Crippen LogP contribution in [0, 0.1) is 11.7 Å². The Morgan fingerprint density at radius 1 is 1.40 bits per heavy atom. The van der Waals surface area contributed by atoms with E-state index in [2.05, 4.69) is 31.9 Å². The first-order chi connectivity index (χ1) is 7.18. The number of halogens is 3. The van der Waals surface area contributed by atoms with Crippen molar-refractivity contribution in [2.45, 2.75) is 11.2 Å². The van der Waals surface area contributed by atoms with Crippen LogP contribution in [-0.4, -0.2) is 16.3 Å². The molecule has 0 N–H and O–H groups in total. The SMILES string of the molecule is Fc1cccc(CC2CSCC2Br)c1Br. The van der Waals surface area contributed by atoms with E-state index in [9.17, 15) is 4.39 Å². The first kappa shape index (κ1) is 11.9. The number of thioether (sulfide) groups is 1. The predicted molar refractivity (Wildman–Crippen MR) is 71.3 cm³/mol. The van der Waals surface area contributed by atoms with Gasteiger partial charge in [-0.1, -0.05) is 28.1 Å². The van der Waals surface area contributed by atoms with Crippen molar-refractivity contribution in [2.24, 2.45) is 5.92 Å². The summed E-state index contributed by atoms with van der Waals surface area (Å²) in [5, 5.41) is 0. The summed E-state index contributed by atoms with van der Waals surface area (Å²) in [5.41, 5.74) is 1.08. The van der Waals surface area contributed by atoms with Gasteiger partial charge in [-0.05, 0) is 45.7 Å². The summed E-state index contributed by atoms with van der Waals surface area (Å²) in [6, 6.07) is 5.26. The minimum Gasteiger partial charge on any atom is -0.206 e. The Morgan fingerprint density at radius 2 is 2.20 bits per heavy atom. The average molecular weight is 354 g/mol. The summed E-state index contributed by atoms with van der Waals surface area (Å²) in [4.78, 5) is 0.567. The van der Waals surface area contributed by atoms with Crippen LogP contribution < -0.4 is 0 Å². The molecule has 0 aliphatic carbocycles. The van der Waals surface area contributed by atoms with Crippen LogP contribution in [0.4, 0.5) is 4.39 Å². The highest BCUT2D eigenvalue weighted by molar-refractivity contribution is 9.10. The molecule has 0 spiro atoms. The average Bonchev–Trinajstić information content (AvgIpc) is 2.60. The Labute approximate surface area is 110 Å². The fraction of sp³-hybridized carbons (Fsp3) is 0.455. The number of hydrogen-bond donors (Lipinski definition) is 0. The van der Waals surface area contributed by atoms with Crippen molar-refractivity contribution in [3.05, 3.63) is 34.1 Å². The number of hydrogen-bond acceptors (Lipinski definition) is 1. The second kappa shape index (κ2) is 5.19. The van der Waals surface area contributed by atoms with Gasteiger partial charge in [-0.15, -0.1) is 0 Å². The minimum absolute atomic E-state index is 0.163. The van der Waals surface area contributed by atoms with Gasteiger partial charge in [0.1, 0.15) is 5.82 Å². The molecule has 0 saturated carbocycles. The second-order valence-corrected chi connectivity index (χ2v) is 6.77. The second-order valence-electron chi connectivity index (χ2n) is 3.73. The van der Waals surface area contributed by atoms with Crippen LogP contribution in [0.2, 0.25) is 0 Å². The van der Waals surface area contributed by atoms with E-state index >= 15 is 0 Å². The Morgan fingerprint density at radius 3 is 2.87 bits per heavy atom. The van der Waals surface area contributed by atoms with E-state index in [1.165, 1.54) is 11.8 Å². The van der Waals surface area contributed by atoms with Gasteiger partial charge in [-0.25, -0.2) is 4.39 Å². The summed E-state index contributed by atoms with van der Waals surface area (Å²) in [5.74, 6) is 2.79. The van der Waals surface area contributed by atoms with Gasteiger partial charge in [0.2, 0.25) is 0 Å². The molecule has 2 rings (SSSR count). The van der Waals surface area contributed by atoms with Crippen molar-refractivity contribution in [2.75, 3.05) is 11.5 Å². The van der Waals surface area contributed by atoms with Gasteiger partial charge in [0.25, 0.3) is 0 Å². The van der Waals surface area contributed by atoms with Gasteiger partial charge >= 0.3 is 0 Å². The highest BCUT2D eigenvalue weighted by Gasteiger charge is 2.26. The van der Waals surface area contributed by atoms with E-state index in [0.29, 0.717) is 15.2 Å². The standard InChI is InChI=1S/C11H11Br2FS/c12-9-6-15-5-8(9)4-7-2-1-3-10(14)11(7)13/h1-3,8-9H,4-6H2. The zero-order valence-electron chi connectivity index (χ0n) is 8.05. The van der Waals surface area contributed by atoms with Gasteiger partial charge in [-0.3, -0.25) is 0 Å². The van der Waals surface area contributed by atoms with Gasteiger partial charge in [-0.2, -0.15) is 11.8 Å². The van der Waals surface area contributed by atoms with Crippen LogP contribution in [0.1, 0.15) is 5.56 Å². The lowest BCUT2D eigenvalue weighted by Gasteiger charge is -2.14. The van der Waals surface area contributed by atoms with E-state index in [1.54, 1.807) is 6.07 Å². The molecule has 1 aromatic rings. The van der Waals surface area contributed by atoms with Gasteiger partial charge in [0.15, 0.2) is 0 Å². The van der Waals surface area contributed by atoms with E-state index < -0.39 is 0 Å². The van der Waals surface area contributed by atoms with Crippen LogP contribution >= 0.6 is 43.6 Å². The molecular formula is C11H11Br2FS. The largest absolute Gasteiger partial charge is 0.206 e. The Kier molecular flexibility index (Phi) is 4.13. The van der Waals surface area contributed by atoms with Crippen LogP contribution in [0.15, 0.2) is 22.7 Å². The normalized spacial score (nSPS) is 25.8.